The molecule has 0 saturated carbocycles. The molecule has 0 aliphatic carbocycles. The molecular weight excluding hydrogens is 238 g/mol. The molecule has 0 aromatic heterocycles. The maximum atomic E-state index is 5.43. The Hall–Kier alpha value is -0.160. The van der Waals surface area contributed by atoms with Gasteiger partial charge in [-0.1, -0.05) is 13.8 Å². The number of hydrogen-bond donors (Lipinski definition) is 1. The van der Waals surface area contributed by atoms with Crippen LogP contribution in [-0.4, -0.2) is 75.4 Å². The van der Waals surface area contributed by atoms with Crippen LogP contribution >= 0.6 is 0 Å². The summed E-state index contributed by atoms with van der Waals surface area (Å²) in [6.45, 7) is 13.4. The van der Waals surface area contributed by atoms with Gasteiger partial charge >= 0.3 is 0 Å². The van der Waals surface area contributed by atoms with Crippen molar-refractivity contribution < 1.29 is 4.74 Å². The minimum Gasteiger partial charge on any atom is -0.379 e. The van der Waals surface area contributed by atoms with Gasteiger partial charge in [0.15, 0.2) is 0 Å². The Labute approximate surface area is 118 Å². The first-order valence-corrected chi connectivity index (χ1v) is 7.86. The van der Waals surface area contributed by atoms with Crippen molar-refractivity contribution in [3.05, 3.63) is 0 Å². The molecule has 0 radical (unpaired) electrons. The van der Waals surface area contributed by atoms with E-state index in [9.17, 15) is 0 Å². The molecule has 2 fully saturated rings. The highest BCUT2D eigenvalue weighted by atomic mass is 16.5. The van der Waals surface area contributed by atoms with Crippen molar-refractivity contribution in [1.29, 1.82) is 0 Å². The number of ether oxygens (including phenoxy) is 1. The molecule has 0 spiro atoms. The van der Waals surface area contributed by atoms with Crippen LogP contribution < -0.4 is 5.32 Å². The average Bonchev–Trinajstić information content (AvgIpc) is 2.39. The SMILES string of the molecule is CC(C)CN(C)C1CNCC(CN2CCOCC2)C1. The molecule has 4 nitrogen and oxygen atoms in total. The Balaban J connectivity index is 1.76. The molecule has 2 rings (SSSR count). The van der Waals surface area contributed by atoms with E-state index in [-0.39, 0.29) is 0 Å². The Kier molecular flexibility index (Phi) is 6.07. The van der Waals surface area contributed by atoms with Gasteiger partial charge in [0.25, 0.3) is 0 Å². The van der Waals surface area contributed by atoms with Gasteiger partial charge in [-0.3, -0.25) is 4.90 Å². The van der Waals surface area contributed by atoms with Gasteiger partial charge in [-0.2, -0.15) is 0 Å². The molecule has 1 N–H and O–H groups in total. The third-order valence-corrected chi connectivity index (χ3v) is 4.31. The summed E-state index contributed by atoms with van der Waals surface area (Å²) in [5.74, 6) is 1.55. The Bertz CT molecular complexity index is 254. The lowest BCUT2D eigenvalue weighted by atomic mass is 9.93. The number of likely N-dealkylation sites (N-methyl/N-ethyl adjacent to an activating group) is 1. The van der Waals surface area contributed by atoms with E-state index >= 15 is 0 Å². The minimum absolute atomic E-state index is 0.710. The van der Waals surface area contributed by atoms with Crippen LogP contribution in [0, 0.1) is 11.8 Å². The van der Waals surface area contributed by atoms with Crippen LogP contribution in [0.25, 0.3) is 0 Å². The van der Waals surface area contributed by atoms with Gasteiger partial charge in [0.05, 0.1) is 13.2 Å². The van der Waals surface area contributed by atoms with Crippen LogP contribution in [-0.2, 0) is 4.74 Å². The smallest absolute Gasteiger partial charge is 0.0594 e. The van der Waals surface area contributed by atoms with Gasteiger partial charge in [0.1, 0.15) is 0 Å². The molecule has 0 bridgehead atoms. The predicted octanol–water partition coefficient (Wildman–Crippen LogP) is 0.885. The van der Waals surface area contributed by atoms with E-state index in [0.29, 0.717) is 6.04 Å². The fraction of sp³-hybridized carbons (Fsp3) is 1.00. The molecule has 112 valence electrons. The zero-order chi connectivity index (χ0) is 13.7. The van der Waals surface area contributed by atoms with Gasteiger partial charge in [0.2, 0.25) is 0 Å². The van der Waals surface area contributed by atoms with Gasteiger partial charge in [0, 0.05) is 38.8 Å². The van der Waals surface area contributed by atoms with Crippen LogP contribution in [0.1, 0.15) is 20.3 Å². The fourth-order valence-corrected chi connectivity index (χ4v) is 3.35. The number of nitrogens with one attached hydrogen (secondary N) is 1. The highest BCUT2D eigenvalue weighted by molar-refractivity contribution is 4.84. The van der Waals surface area contributed by atoms with Crippen molar-refractivity contribution in [2.24, 2.45) is 11.8 Å². The molecule has 4 heteroatoms. The quantitative estimate of drug-likeness (QED) is 0.802. The monoisotopic (exact) mass is 269 g/mol. The first kappa shape index (κ1) is 15.2. The molecule has 2 atom stereocenters. The maximum Gasteiger partial charge on any atom is 0.0594 e. The highest BCUT2D eigenvalue weighted by Gasteiger charge is 2.26. The van der Waals surface area contributed by atoms with E-state index in [1.807, 2.05) is 0 Å². The number of rotatable bonds is 5. The van der Waals surface area contributed by atoms with E-state index in [1.54, 1.807) is 0 Å². The van der Waals surface area contributed by atoms with Crippen molar-refractivity contribution >= 4 is 0 Å². The van der Waals surface area contributed by atoms with Gasteiger partial charge in [-0.05, 0) is 31.8 Å². The topological polar surface area (TPSA) is 27.7 Å². The summed E-state index contributed by atoms with van der Waals surface area (Å²) in [4.78, 5) is 5.11. The summed E-state index contributed by atoms with van der Waals surface area (Å²) in [6, 6.07) is 0.710. The molecule has 2 aliphatic rings. The Morgan fingerprint density at radius 1 is 1.26 bits per heavy atom. The zero-order valence-electron chi connectivity index (χ0n) is 12.9. The number of piperidine rings is 1. The van der Waals surface area contributed by atoms with Gasteiger partial charge in [-0.15, -0.1) is 0 Å². The van der Waals surface area contributed by atoms with Gasteiger partial charge in [-0.25, -0.2) is 0 Å². The van der Waals surface area contributed by atoms with Crippen molar-refractivity contribution in [3.8, 4) is 0 Å². The lowest BCUT2D eigenvalue weighted by Crippen LogP contribution is -2.51. The maximum absolute atomic E-state index is 5.43. The highest BCUT2D eigenvalue weighted by Crippen LogP contribution is 2.17. The molecule has 2 saturated heterocycles. The van der Waals surface area contributed by atoms with Crippen molar-refractivity contribution in [1.82, 2.24) is 15.1 Å². The van der Waals surface area contributed by atoms with Crippen molar-refractivity contribution in [3.63, 3.8) is 0 Å². The molecule has 2 heterocycles. The predicted molar refractivity (Wildman–Crippen MR) is 79.5 cm³/mol. The molecule has 2 aliphatic heterocycles. The molecule has 2 unspecified atom stereocenters. The van der Waals surface area contributed by atoms with Crippen LogP contribution in [0.15, 0.2) is 0 Å². The third-order valence-electron chi connectivity index (χ3n) is 4.31. The molecular formula is C15H31N3O. The van der Waals surface area contributed by atoms with E-state index in [2.05, 4.69) is 36.0 Å². The standard InChI is InChI=1S/C15H31N3O/c1-13(2)11-17(3)15-8-14(9-16-10-15)12-18-4-6-19-7-5-18/h13-16H,4-12H2,1-3H3. The molecule has 19 heavy (non-hydrogen) atoms. The van der Waals surface area contributed by atoms with Gasteiger partial charge < -0.3 is 15.0 Å². The minimum atomic E-state index is 0.710. The van der Waals surface area contributed by atoms with E-state index in [0.717, 1.165) is 44.7 Å². The summed E-state index contributed by atoms with van der Waals surface area (Å²) in [6.07, 6.45) is 1.34. The summed E-state index contributed by atoms with van der Waals surface area (Å²) in [5, 5.41) is 3.63. The fourth-order valence-electron chi connectivity index (χ4n) is 3.35. The summed E-state index contributed by atoms with van der Waals surface area (Å²) >= 11 is 0. The van der Waals surface area contributed by atoms with Crippen LogP contribution in [0.5, 0.6) is 0 Å². The number of hydrogen-bond acceptors (Lipinski definition) is 4. The van der Waals surface area contributed by atoms with E-state index < -0.39 is 0 Å². The lowest BCUT2D eigenvalue weighted by molar-refractivity contribution is 0.0249. The molecule has 0 aromatic rings. The first-order valence-electron chi connectivity index (χ1n) is 7.86. The second-order valence-electron chi connectivity index (χ2n) is 6.66. The van der Waals surface area contributed by atoms with Crippen LogP contribution in [0.4, 0.5) is 0 Å². The zero-order valence-corrected chi connectivity index (χ0v) is 12.9. The van der Waals surface area contributed by atoms with Crippen molar-refractivity contribution in [2.75, 3.05) is 59.5 Å². The Morgan fingerprint density at radius 2 is 2.00 bits per heavy atom. The largest absolute Gasteiger partial charge is 0.379 e. The second-order valence-corrected chi connectivity index (χ2v) is 6.66. The molecule has 0 amide bonds. The lowest BCUT2D eigenvalue weighted by Gasteiger charge is -2.39. The van der Waals surface area contributed by atoms with E-state index in [1.165, 1.54) is 26.1 Å². The number of nitrogens with zero attached hydrogens (tertiary/aromatic N) is 2. The van der Waals surface area contributed by atoms with E-state index in [4.69, 9.17) is 4.74 Å². The summed E-state index contributed by atoms with van der Waals surface area (Å²) in [5.41, 5.74) is 0. The van der Waals surface area contributed by atoms with Crippen LogP contribution in [0.3, 0.4) is 0 Å². The second kappa shape index (κ2) is 7.58. The third kappa shape index (κ3) is 5.03. The first-order chi connectivity index (χ1) is 9.15. The summed E-state index contributed by atoms with van der Waals surface area (Å²) in [7, 11) is 2.28. The average molecular weight is 269 g/mol. The van der Waals surface area contributed by atoms with Crippen LogP contribution in [0.2, 0.25) is 0 Å². The van der Waals surface area contributed by atoms with Crippen molar-refractivity contribution in [2.45, 2.75) is 26.3 Å². The Morgan fingerprint density at radius 3 is 2.68 bits per heavy atom. The molecule has 0 aromatic carbocycles. The summed E-state index contributed by atoms with van der Waals surface area (Å²) < 4.78 is 5.43. The normalized spacial score (nSPS) is 30.2. The number of morpholine rings is 1.